The second kappa shape index (κ2) is 7.34. The standard InChI is InChI=1S/C17H25N3O2S/c1-13-5-2-3-6-14(13)18-17(23)20-10-8-19(9-11-20)16(21)15-7-4-12-22-15/h4,7,12-14H,2-3,5-6,8-11H2,1H3,(H,18,23)/t13-,14-/m0/s1. The van der Waals surface area contributed by atoms with E-state index in [0.29, 0.717) is 30.8 Å². The third-order valence-corrected chi connectivity index (χ3v) is 5.38. The highest BCUT2D eigenvalue weighted by atomic mass is 32.1. The first-order valence-electron chi connectivity index (χ1n) is 8.53. The number of nitrogens with zero attached hydrogens (tertiary/aromatic N) is 2. The van der Waals surface area contributed by atoms with Crippen LogP contribution < -0.4 is 5.32 Å². The Labute approximate surface area is 143 Å². The molecule has 2 heterocycles. The van der Waals surface area contributed by atoms with Crippen LogP contribution in [0.15, 0.2) is 22.8 Å². The van der Waals surface area contributed by atoms with E-state index < -0.39 is 0 Å². The lowest BCUT2D eigenvalue weighted by atomic mass is 9.86. The van der Waals surface area contributed by atoms with E-state index in [4.69, 9.17) is 16.6 Å². The summed E-state index contributed by atoms with van der Waals surface area (Å²) < 4.78 is 5.19. The van der Waals surface area contributed by atoms with Crippen LogP contribution in [0.3, 0.4) is 0 Å². The Morgan fingerprint density at radius 1 is 1.22 bits per heavy atom. The molecule has 0 radical (unpaired) electrons. The highest BCUT2D eigenvalue weighted by Crippen LogP contribution is 2.24. The molecule has 0 unspecified atom stereocenters. The number of amides is 1. The number of rotatable bonds is 2. The summed E-state index contributed by atoms with van der Waals surface area (Å²) in [6.07, 6.45) is 6.65. The number of carbonyl (C=O) groups excluding carboxylic acids is 1. The molecule has 1 saturated carbocycles. The minimum absolute atomic E-state index is 0.0329. The number of nitrogens with one attached hydrogen (secondary N) is 1. The van der Waals surface area contributed by atoms with Crippen LogP contribution in [0, 0.1) is 5.92 Å². The van der Waals surface area contributed by atoms with Crippen LogP contribution in [0.1, 0.15) is 43.2 Å². The van der Waals surface area contributed by atoms with Crippen molar-refractivity contribution in [2.75, 3.05) is 26.2 Å². The van der Waals surface area contributed by atoms with Gasteiger partial charge in [0, 0.05) is 32.2 Å². The van der Waals surface area contributed by atoms with Gasteiger partial charge in [-0.1, -0.05) is 19.8 Å². The third kappa shape index (κ3) is 3.86. The van der Waals surface area contributed by atoms with Crippen molar-refractivity contribution in [2.24, 2.45) is 5.92 Å². The molecule has 1 aromatic rings. The van der Waals surface area contributed by atoms with Crippen molar-refractivity contribution in [3.8, 4) is 0 Å². The third-order valence-electron chi connectivity index (χ3n) is 5.01. The molecule has 126 valence electrons. The molecule has 6 heteroatoms. The first kappa shape index (κ1) is 16.3. The lowest BCUT2D eigenvalue weighted by Crippen LogP contribution is -2.55. The van der Waals surface area contributed by atoms with Gasteiger partial charge in [0.15, 0.2) is 10.9 Å². The molecule has 1 aromatic heterocycles. The van der Waals surface area contributed by atoms with Crippen LogP contribution in [0.5, 0.6) is 0 Å². The Kier molecular flexibility index (Phi) is 5.20. The van der Waals surface area contributed by atoms with E-state index >= 15 is 0 Å². The van der Waals surface area contributed by atoms with E-state index in [1.165, 1.54) is 31.9 Å². The molecule has 5 nitrogen and oxygen atoms in total. The second-order valence-corrected chi connectivity index (χ2v) is 6.96. The maximum Gasteiger partial charge on any atom is 0.289 e. The fourth-order valence-electron chi connectivity index (χ4n) is 3.45. The first-order chi connectivity index (χ1) is 11.1. The Balaban J connectivity index is 1.48. The van der Waals surface area contributed by atoms with Gasteiger partial charge in [-0.25, -0.2) is 0 Å². The zero-order valence-corrected chi connectivity index (χ0v) is 14.5. The van der Waals surface area contributed by atoms with Crippen molar-refractivity contribution in [1.29, 1.82) is 0 Å². The molecule has 1 amide bonds. The number of furan rings is 1. The first-order valence-corrected chi connectivity index (χ1v) is 8.94. The van der Waals surface area contributed by atoms with E-state index in [2.05, 4.69) is 17.1 Å². The van der Waals surface area contributed by atoms with Crippen LogP contribution in [0.4, 0.5) is 0 Å². The van der Waals surface area contributed by atoms with Crippen LogP contribution in [0.2, 0.25) is 0 Å². The predicted molar refractivity (Wildman–Crippen MR) is 93.3 cm³/mol. The summed E-state index contributed by atoms with van der Waals surface area (Å²) >= 11 is 5.58. The normalized spacial score (nSPS) is 25.3. The zero-order chi connectivity index (χ0) is 16.2. The summed E-state index contributed by atoms with van der Waals surface area (Å²) in [5.74, 6) is 1.06. The van der Waals surface area contributed by atoms with Crippen molar-refractivity contribution in [3.05, 3.63) is 24.2 Å². The fraction of sp³-hybridized carbons (Fsp3) is 0.647. The maximum atomic E-state index is 12.3. The average molecular weight is 335 g/mol. The van der Waals surface area contributed by atoms with E-state index in [1.54, 1.807) is 12.1 Å². The molecule has 3 rings (SSSR count). The monoisotopic (exact) mass is 335 g/mol. The van der Waals surface area contributed by atoms with E-state index in [1.807, 2.05) is 4.90 Å². The number of hydrogen-bond acceptors (Lipinski definition) is 3. The number of piperazine rings is 1. The van der Waals surface area contributed by atoms with Gasteiger partial charge in [-0.2, -0.15) is 0 Å². The van der Waals surface area contributed by atoms with Crippen molar-refractivity contribution >= 4 is 23.2 Å². The molecule has 0 spiro atoms. The Morgan fingerprint density at radius 3 is 2.57 bits per heavy atom. The summed E-state index contributed by atoms with van der Waals surface area (Å²) in [5.41, 5.74) is 0. The van der Waals surface area contributed by atoms with E-state index in [-0.39, 0.29) is 5.91 Å². The van der Waals surface area contributed by atoms with Gasteiger partial charge in [0.25, 0.3) is 5.91 Å². The number of thiocarbonyl (C=S) groups is 1. The molecule has 2 atom stereocenters. The van der Waals surface area contributed by atoms with Gasteiger partial charge in [-0.05, 0) is 43.1 Å². The van der Waals surface area contributed by atoms with Gasteiger partial charge in [-0.15, -0.1) is 0 Å². The zero-order valence-electron chi connectivity index (χ0n) is 13.7. The highest BCUT2D eigenvalue weighted by molar-refractivity contribution is 7.80. The van der Waals surface area contributed by atoms with Crippen LogP contribution in [-0.2, 0) is 0 Å². The smallest absolute Gasteiger partial charge is 0.289 e. The van der Waals surface area contributed by atoms with Crippen LogP contribution in [-0.4, -0.2) is 53.0 Å². The van der Waals surface area contributed by atoms with Gasteiger partial charge in [0.1, 0.15) is 0 Å². The molecule has 0 bridgehead atoms. The molecule has 2 fully saturated rings. The average Bonchev–Trinajstić information content (AvgIpc) is 3.11. The van der Waals surface area contributed by atoms with Crippen molar-refractivity contribution in [2.45, 2.75) is 38.6 Å². The minimum Gasteiger partial charge on any atom is -0.459 e. The Bertz CT molecular complexity index is 538. The Hall–Kier alpha value is -1.56. The maximum absolute atomic E-state index is 12.3. The topological polar surface area (TPSA) is 48.7 Å². The SMILES string of the molecule is C[C@H]1CCCC[C@@H]1NC(=S)N1CCN(C(=O)c2ccco2)CC1. The van der Waals surface area contributed by atoms with Gasteiger partial charge in [-0.3, -0.25) is 4.79 Å². The van der Waals surface area contributed by atoms with Crippen molar-refractivity contribution in [3.63, 3.8) is 0 Å². The summed E-state index contributed by atoms with van der Waals surface area (Å²) in [6.45, 7) is 5.22. The molecular formula is C17H25N3O2S. The summed E-state index contributed by atoms with van der Waals surface area (Å²) in [7, 11) is 0. The van der Waals surface area contributed by atoms with Gasteiger partial charge < -0.3 is 19.5 Å². The quantitative estimate of drug-likeness (QED) is 0.842. The van der Waals surface area contributed by atoms with Crippen molar-refractivity contribution < 1.29 is 9.21 Å². The molecule has 1 aliphatic heterocycles. The molecule has 2 aliphatic rings. The fourth-order valence-corrected chi connectivity index (χ4v) is 3.78. The lowest BCUT2D eigenvalue weighted by Gasteiger charge is -2.38. The van der Waals surface area contributed by atoms with Crippen molar-refractivity contribution in [1.82, 2.24) is 15.1 Å². The molecule has 1 saturated heterocycles. The summed E-state index contributed by atoms with van der Waals surface area (Å²) in [5, 5.41) is 4.39. The summed E-state index contributed by atoms with van der Waals surface area (Å²) in [6, 6.07) is 3.96. The Morgan fingerprint density at radius 2 is 1.91 bits per heavy atom. The molecular weight excluding hydrogens is 310 g/mol. The largest absolute Gasteiger partial charge is 0.459 e. The number of carbonyl (C=O) groups is 1. The lowest BCUT2D eigenvalue weighted by molar-refractivity contribution is 0.0658. The molecule has 0 aromatic carbocycles. The second-order valence-electron chi connectivity index (χ2n) is 6.57. The predicted octanol–water partition coefficient (Wildman–Crippen LogP) is 2.49. The van der Waals surface area contributed by atoms with Gasteiger partial charge in [0.05, 0.1) is 6.26 Å². The van der Waals surface area contributed by atoms with Crippen LogP contribution >= 0.6 is 12.2 Å². The van der Waals surface area contributed by atoms with Gasteiger partial charge >= 0.3 is 0 Å². The molecule has 23 heavy (non-hydrogen) atoms. The summed E-state index contributed by atoms with van der Waals surface area (Å²) in [4.78, 5) is 16.3. The van der Waals surface area contributed by atoms with Gasteiger partial charge in [0.2, 0.25) is 0 Å². The van der Waals surface area contributed by atoms with Crippen LogP contribution in [0.25, 0.3) is 0 Å². The van der Waals surface area contributed by atoms with E-state index in [9.17, 15) is 4.79 Å². The highest BCUT2D eigenvalue weighted by Gasteiger charge is 2.27. The molecule has 1 aliphatic carbocycles. The molecule has 1 N–H and O–H groups in total. The van der Waals surface area contributed by atoms with E-state index in [0.717, 1.165) is 18.2 Å². The number of hydrogen-bond donors (Lipinski definition) is 1. The minimum atomic E-state index is -0.0329.